The van der Waals surface area contributed by atoms with E-state index in [4.69, 9.17) is 9.98 Å². The van der Waals surface area contributed by atoms with Gasteiger partial charge in [-0.15, -0.1) is 0 Å². The van der Waals surface area contributed by atoms with Crippen molar-refractivity contribution in [3.05, 3.63) is 70.0 Å². The number of hydrogen-bond donors (Lipinski definition) is 0. The molecule has 0 bridgehead atoms. The lowest BCUT2D eigenvalue weighted by molar-refractivity contribution is -0.110. The summed E-state index contributed by atoms with van der Waals surface area (Å²) in [4.78, 5) is 24.2. The molecular formula is C30H39N3O. The first-order valence-corrected chi connectivity index (χ1v) is 12.5. The van der Waals surface area contributed by atoms with Gasteiger partial charge >= 0.3 is 0 Å². The van der Waals surface area contributed by atoms with E-state index in [1.54, 1.807) is 0 Å². The van der Waals surface area contributed by atoms with Crippen LogP contribution in [0.2, 0.25) is 0 Å². The largest absolute Gasteiger partial charge is 0.368 e. The van der Waals surface area contributed by atoms with Gasteiger partial charge in [0.2, 0.25) is 0 Å². The van der Waals surface area contributed by atoms with Crippen molar-refractivity contribution < 1.29 is 4.79 Å². The van der Waals surface area contributed by atoms with Crippen LogP contribution in [0.1, 0.15) is 74.9 Å². The van der Waals surface area contributed by atoms with Crippen molar-refractivity contribution in [3.8, 4) is 0 Å². The zero-order chi connectivity index (χ0) is 25.0. The second-order valence-corrected chi connectivity index (χ2v) is 9.65. The van der Waals surface area contributed by atoms with Crippen molar-refractivity contribution in [3.63, 3.8) is 0 Å². The van der Waals surface area contributed by atoms with Crippen molar-refractivity contribution in [1.82, 2.24) is 9.88 Å². The molecule has 1 aliphatic heterocycles. The lowest BCUT2D eigenvalue weighted by Crippen LogP contribution is -2.11. The third kappa shape index (κ3) is 5.06. The highest BCUT2D eigenvalue weighted by molar-refractivity contribution is 6.02. The normalized spacial score (nSPS) is 16.5. The Bertz CT molecular complexity index is 1180. The number of fused-ring (bicyclic) bond motifs is 2. The summed E-state index contributed by atoms with van der Waals surface area (Å²) in [7, 11) is 2.10. The first kappa shape index (κ1) is 25.6. The van der Waals surface area contributed by atoms with Crippen LogP contribution in [0.25, 0.3) is 16.6 Å². The molecular weight excluding hydrogens is 418 g/mol. The summed E-state index contributed by atoms with van der Waals surface area (Å²) in [5.74, 6) is -0.156. The van der Waals surface area contributed by atoms with E-state index < -0.39 is 0 Å². The van der Waals surface area contributed by atoms with Crippen LogP contribution in [0.4, 0.5) is 0 Å². The van der Waals surface area contributed by atoms with Crippen molar-refractivity contribution >= 4 is 29.1 Å². The molecule has 2 aromatic rings. The Morgan fingerprint density at radius 3 is 2.53 bits per heavy atom. The van der Waals surface area contributed by atoms with E-state index in [2.05, 4.69) is 78.3 Å². The highest BCUT2D eigenvalue weighted by Gasteiger charge is 2.28. The summed E-state index contributed by atoms with van der Waals surface area (Å²) >= 11 is 0. The van der Waals surface area contributed by atoms with Gasteiger partial charge in [0, 0.05) is 48.3 Å². The van der Waals surface area contributed by atoms with Crippen molar-refractivity contribution in [1.29, 1.82) is 0 Å². The summed E-state index contributed by atoms with van der Waals surface area (Å²) in [6.45, 7) is 17.5. The van der Waals surface area contributed by atoms with Gasteiger partial charge < -0.3 is 9.69 Å². The standard InChI is InChI=1S/C30H39N3O/c1-9-12-22(10-2)24(23(11-3)18-34)15-29-30-27(17-33(29)8)26(16-31-19(4)5)25-13-20(6)21(7)14-28(25)32-30/h10,13-16,18-19,23H,2,9,11-12,17H2,1,3-8H3/b24-22-,29-15-,31-16?. The predicted octanol–water partition coefficient (Wildman–Crippen LogP) is 6.97. The molecule has 1 aromatic heterocycles. The molecule has 4 nitrogen and oxygen atoms in total. The number of carbonyl (C=O) groups excluding carboxylic acids is 1. The number of aldehydes is 1. The summed E-state index contributed by atoms with van der Waals surface area (Å²) in [5.41, 5.74) is 10.1. The summed E-state index contributed by atoms with van der Waals surface area (Å²) in [6.07, 6.45) is 9.87. The number of benzene rings is 1. The Morgan fingerprint density at radius 2 is 1.94 bits per heavy atom. The summed E-state index contributed by atoms with van der Waals surface area (Å²) in [6, 6.07) is 4.64. The van der Waals surface area contributed by atoms with E-state index in [0.29, 0.717) is 0 Å². The SMILES string of the molecule is C=C/C(CCC)=C(\C=C1\c2nc3cc(C)c(C)cc3c(C=NC(C)C)c2CN1C)C(C=O)CC. The van der Waals surface area contributed by atoms with E-state index in [1.165, 1.54) is 16.7 Å². The predicted molar refractivity (Wildman–Crippen MR) is 145 cm³/mol. The number of rotatable bonds is 9. The quantitative estimate of drug-likeness (QED) is 0.232. The van der Waals surface area contributed by atoms with E-state index in [1.807, 2.05) is 12.3 Å². The second-order valence-electron chi connectivity index (χ2n) is 9.65. The zero-order valence-electron chi connectivity index (χ0n) is 21.9. The Hall–Kier alpha value is -3.01. The van der Waals surface area contributed by atoms with Crippen molar-refractivity contribution in [2.45, 2.75) is 73.4 Å². The van der Waals surface area contributed by atoms with E-state index in [0.717, 1.165) is 71.1 Å². The minimum Gasteiger partial charge on any atom is -0.368 e. The number of nitrogens with zero attached hydrogens (tertiary/aromatic N) is 3. The fourth-order valence-electron chi connectivity index (χ4n) is 4.62. The van der Waals surface area contributed by atoms with Crippen LogP contribution in [0.15, 0.2) is 47.0 Å². The fourth-order valence-corrected chi connectivity index (χ4v) is 4.62. The number of aliphatic imine (C=N–C) groups is 1. The lowest BCUT2D eigenvalue weighted by atomic mass is 9.89. The maximum Gasteiger partial charge on any atom is 0.127 e. The maximum atomic E-state index is 12.0. The molecule has 0 saturated heterocycles. The van der Waals surface area contributed by atoms with Crippen LogP contribution in [0.3, 0.4) is 0 Å². The van der Waals surface area contributed by atoms with Crippen LogP contribution in [-0.4, -0.2) is 35.5 Å². The number of hydrogen-bond acceptors (Lipinski definition) is 4. The van der Waals surface area contributed by atoms with Gasteiger partial charge in [-0.05, 0) is 81.0 Å². The number of aryl methyl sites for hydroxylation is 2. The van der Waals surface area contributed by atoms with E-state index in [-0.39, 0.29) is 12.0 Å². The highest BCUT2D eigenvalue weighted by Crippen LogP contribution is 2.38. The average Bonchev–Trinajstić information content (AvgIpc) is 3.11. The van der Waals surface area contributed by atoms with Gasteiger partial charge in [0.25, 0.3) is 0 Å². The Kier molecular flexibility index (Phi) is 8.24. The van der Waals surface area contributed by atoms with Crippen LogP contribution >= 0.6 is 0 Å². The van der Waals surface area contributed by atoms with Gasteiger partial charge in [0.05, 0.1) is 16.9 Å². The average molecular weight is 458 g/mol. The molecule has 1 aromatic carbocycles. The molecule has 2 heterocycles. The molecule has 4 heteroatoms. The monoisotopic (exact) mass is 457 g/mol. The lowest BCUT2D eigenvalue weighted by Gasteiger charge is -2.18. The molecule has 1 unspecified atom stereocenters. The molecule has 0 spiro atoms. The van der Waals surface area contributed by atoms with E-state index in [9.17, 15) is 4.79 Å². The first-order valence-electron chi connectivity index (χ1n) is 12.5. The molecule has 1 aliphatic rings. The van der Waals surface area contributed by atoms with Crippen molar-refractivity contribution in [2.24, 2.45) is 10.9 Å². The number of allylic oxidation sites excluding steroid dienone is 4. The third-order valence-electron chi connectivity index (χ3n) is 6.73. The minimum absolute atomic E-state index is 0.156. The van der Waals surface area contributed by atoms with Crippen LogP contribution < -0.4 is 0 Å². The molecule has 0 aliphatic carbocycles. The number of carbonyl (C=O) groups is 1. The van der Waals surface area contributed by atoms with Crippen LogP contribution in [0, 0.1) is 19.8 Å². The second kappa shape index (κ2) is 10.9. The first-order chi connectivity index (χ1) is 16.2. The zero-order valence-corrected chi connectivity index (χ0v) is 21.9. The molecule has 1 atom stereocenters. The third-order valence-corrected chi connectivity index (χ3v) is 6.73. The van der Waals surface area contributed by atoms with Gasteiger partial charge in [-0.3, -0.25) is 4.99 Å². The van der Waals surface area contributed by atoms with E-state index >= 15 is 0 Å². The van der Waals surface area contributed by atoms with Gasteiger partial charge in [0.15, 0.2) is 0 Å². The Morgan fingerprint density at radius 1 is 1.24 bits per heavy atom. The molecule has 0 saturated carbocycles. The van der Waals surface area contributed by atoms with Gasteiger partial charge in [-0.2, -0.15) is 0 Å². The van der Waals surface area contributed by atoms with Gasteiger partial charge in [-0.1, -0.05) is 32.9 Å². The number of pyridine rings is 1. The molecule has 0 amide bonds. The summed E-state index contributed by atoms with van der Waals surface area (Å²) < 4.78 is 0. The Labute approximate surface area is 205 Å². The molecule has 180 valence electrons. The van der Waals surface area contributed by atoms with Crippen LogP contribution in [0.5, 0.6) is 0 Å². The summed E-state index contributed by atoms with van der Waals surface area (Å²) in [5, 5.41) is 1.15. The van der Waals surface area contributed by atoms with Gasteiger partial charge in [0.1, 0.15) is 6.29 Å². The fraction of sp³-hybridized carbons (Fsp3) is 0.433. The number of aromatic nitrogens is 1. The molecule has 0 radical (unpaired) electrons. The maximum absolute atomic E-state index is 12.0. The Balaban J connectivity index is 2.34. The van der Waals surface area contributed by atoms with Gasteiger partial charge in [-0.25, -0.2) is 4.98 Å². The molecule has 0 N–H and O–H groups in total. The molecule has 0 fully saturated rings. The topological polar surface area (TPSA) is 45.6 Å². The highest BCUT2D eigenvalue weighted by atomic mass is 16.1. The smallest absolute Gasteiger partial charge is 0.127 e. The van der Waals surface area contributed by atoms with Crippen LogP contribution in [-0.2, 0) is 11.3 Å². The molecule has 34 heavy (non-hydrogen) atoms. The minimum atomic E-state index is -0.156. The van der Waals surface area contributed by atoms with Crippen molar-refractivity contribution in [2.75, 3.05) is 7.05 Å². The molecule has 3 rings (SSSR count).